The van der Waals surface area contributed by atoms with Crippen molar-refractivity contribution in [1.82, 2.24) is 4.98 Å². The standard InChI is InChI=1S/C11H11NO2/c13-5-1-3-9-7-10-4-2-6-14-11(10)12-8-9/h7-8,13H,2,4-6H2. The Morgan fingerprint density at radius 2 is 2.50 bits per heavy atom. The Hall–Kier alpha value is -1.53. The molecule has 3 heteroatoms. The molecule has 3 nitrogen and oxygen atoms in total. The molecule has 0 amide bonds. The first-order valence-corrected chi connectivity index (χ1v) is 4.61. The van der Waals surface area contributed by atoms with E-state index in [-0.39, 0.29) is 6.61 Å². The van der Waals surface area contributed by atoms with Crippen LogP contribution in [0.2, 0.25) is 0 Å². The lowest BCUT2D eigenvalue weighted by Crippen LogP contribution is -2.09. The molecule has 14 heavy (non-hydrogen) atoms. The summed E-state index contributed by atoms with van der Waals surface area (Å²) in [5.41, 5.74) is 1.95. The minimum atomic E-state index is -0.117. The van der Waals surface area contributed by atoms with E-state index in [1.807, 2.05) is 6.07 Å². The fourth-order valence-corrected chi connectivity index (χ4v) is 1.45. The molecule has 0 unspecified atom stereocenters. The van der Waals surface area contributed by atoms with Gasteiger partial charge in [0.1, 0.15) is 6.61 Å². The first-order valence-electron chi connectivity index (χ1n) is 4.61. The molecule has 1 aliphatic heterocycles. The number of aromatic nitrogens is 1. The van der Waals surface area contributed by atoms with Gasteiger partial charge in [-0.05, 0) is 18.9 Å². The second-order valence-corrected chi connectivity index (χ2v) is 3.10. The van der Waals surface area contributed by atoms with Crippen LogP contribution < -0.4 is 4.74 Å². The lowest BCUT2D eigenvalue weighted by Gasteiger charge is -2.15. The number of aryl methyl sites for hydroxylation is 1. The summed E-state index contributed by atoms with van der Waals surface area (Å²) in [4.78, 5) is 4.17. The summed E-state index contributed by atoms with van der Waals surface area (Å²) in [7, 11) is 0. The van der Waals surface area contributed by atoms with Gasteiger partial charge in [0.2, 0.25) is 5.88 Å². The molecule has 0 aliphatic carbocycles. The quantitative estimate of drug-likeness (QED) is 0.612. The SMILES string of the molecule is OCC#Cc1cnc2c(c1)CCCO2. The number of nitrogens with zero attached hydrogens (tertiary/aromatic N) is 1. The van der Waals surface area contributed by atoms with E-state index in [0.29, 0.717) is 0 Å². The Morgan fingerprint density at radius 3 is 3.36 bits per heavy atom. The molecule has 0 fully saturated rings. The van der Waals surface area contributed by atoms with Crippen LogP contribution in [0.25, 0.3) is 0 Å². The molecule has 1 aromatic heterocycles. The molecule has 1 aliphatic rings. The number of hydrogen-bond acceptors (Lipinski definition) is 3. The van der Waals surface area contributed by atoms with Crippen LogP contribution in [0.1, 0.15) is 17.5 Å². The fraction of sp³-hybridized carbons (Fsp3) is 0.364. The summed E-state index contributed by atoms with van der Waals surface area (Å²) in [6, 6.07) is 1.98. The fourth-order valence-electron chi connectivity index (χ4n) is 1.45. The zero-order valence-electron chi connectivity index (χ0n) is 7.79. The van der Waals surface area contributed by atoms with E-state index in [0.717, 1.165) is 36.5 Å². The monoisotopic (exact) mass is 189 g/mol. The van der Waals surface area contributed by atoms with Gasteiger partial charge in [-0.2, -0.15) is 0 Å². The van der Waals surface area contributed by atoms with Gasteiger partial charge >= 0.3 is 0 Å². The summed E-state index contributed by atoms with van der Waals surface area (Å²) in [6.45, 7) is 0.634. The molecule has 0 spiro atoms. The van der Waals surface area contributed by atoms with E-state index < -0.39 is 0 Å². The van der Waals surface area contributed by atoms with Crippen LogP contribution in [0.5, 0.6) is 5.88 Å². The maximum absolute atomic E-state index is 8.55. The first kappa shape index (κ1) is 9.04. The molecule has 2 rings (SSSR count). The number of aliphatic hydroxyl groups is 1. The largest absolute Gasteiger partial charge is 0.477 e. The number of pyridine rings is 1. The van der Waals surface area contributed by atoms with Crippen molar-refractivity contribution in [2.45, 2.75) is 12.8 Å². The van der Waals surface area contributed by atoms with Crippen LogP contribution in [0.4, 0.5) is 0 Å². The molecule has 0 aromatic carbocycles. The summed E-state index contributed by atoms with van der Waals surface area (Å²) in [5, 5.41) is 8.55. The van der Waals surface area contributed by atoms with Crippen LogP contribution in [0.3, 0.4) is 0 Å². The zero-order chi connectivity index (χ0) is 9.80. The van der Waals surface area contributed by atoms with Gasteiger partial charge in [-0.1, -0.05) is 11.8 Å². The van der Waals surface area contributed by atoms with Gasteiger partial charge < -0.3 is 9.84 Å². The van der Waals surface area contributed by atoms with E-state index in [2.05, 4.69) is 16.8 Å². The maximum atomic E-state index is 8.55. The molecule has 0 saturated heterocycles. The Kier molecular flexibility index (Phi) is 2.66. The van der Waals surface area contributed by atoms with Crippen molar-refractivity contribution in [3.8, 4) is 17.7 Å². The van der Waals surface area contributed by atoms with Crippen molar-refractivity contribution in [2.75, 3.05) is 13.2 Å². The zero-order valence-corrected chi connectivity index (χ0v) is 7.79. The van der Waals surface area contributed by atoms with Crippen molar-refractivity contribution in [3.05, 3.63) is 23.4 Å². The van der Waals surface area contributed by atoms with Crippen molar-refractivity contribution in [1.29, 1.82) is 0 Å². The van der Waals surface area contributed by atoms with E-state index in [1.54, 1.807) is 6.20 Å². The topological polar surface area (TPSA) is 42.4 Å². The van der Waals surface area contributed by atoms with Crippen molar-refractivity contribution < 1.29 is 9.84 Å². The van der Waals surface area contributed by atoms with E-state index in [9.17, 15) is 0 Å². The van der Waals surface area contributed by atoms with E-state index >= 15 is 0 Å². The number of hydrogen-bond donors (Lipinski definition) is 1. The van der Waals surface area contributed by atoms with Crippen LogP contribution in [0, 0.1) is 11.8 Å². The third kappa shape index (κ3) is 1.86. The van der Waals surface area contributed by atoms with E-state index in [4.69, 9.17) is 9.84 Å². The highest BCUT2D eigenvalue weighted by Gasteiger charge is 2.10. The highest BCUT2D eigenvalue weighted by molar-refractivity contribution is 5.39. The van der Waals surface area contributed by atoms with Crippen LogP contribution >= 0.6 is 0 Å². The lowest BCUT2D eigenvalue weighted by atomic mass is 10.1. The lowest BCUT2D eigenvalue weighted by molar-refractivity contribution is 0.276. The van der Waals surface area contributed by atoms with Gasteiger partial charge in [0.15, 0.2) is 0 Å². The molecule has 1 N–H and O–H groups in total. The third-order valence-corrected chi connectivity index (χ3v) is 2.07. The Morgan fingerprint density at radius 1 is 1.57 bits per heavy atom. The molecular formula is C11H11NO2. The molecule has 0 saturated carbocycles. The number of ether oxygens (including phenoxy) is 1. The molecule has 0 radical (unpaired) electrons. The molecule has 0 atom stereocenters. The Labute approximate surface area is 82.7 Å². The van der Waals surface area contributed by atoms with Gasteiger partial charge in [-0.25, -0.2) is 4.98 Å². The van der Waals surface area contributed by atoms with Gasteiger partial charge in [-0.3, -0.25) is 0 Å². The second kappa shape index (κ2) is 4.12. The Bertz CT molecular complexity index is 390. The maximum Gasteiger partial charge on any atom is 0.216 e. The van der Waals surface area contributed by atoms with Gasteiger partial charge in [0.25, 0.3) is 0 Å². The van der Waals surface area contributed by atoms with Gasteiger partial charge in [0, 0.05) is 17.3 Å². The molecule has 1 aromatic rings. The third-order valence-electron chi connectivity index (χ3n) is 2.07. The molecule has 0 bridgehead atoms. The second-order valence-electron chi connectivity index (χ2n) is 3.10. The Balaban J connectivity index is 2.29. The molecular weight excluding hydrogens is 178 g/mol. The smallest absolute Gasteiger partial charge is 0.216 e. The molecule has 72 valence electrons. The molecule has 2 heterocycles. The predicted molar refractivity (Wildman–Crippen MR) is 52.0 cm³/mol. The average molecular weight is 189 g/mol. The first-order chi connectivity index (χ1) is 6.90. The predicted octanol–water partition coefficient (Wildman–Crippen LogP) is 0.750. The van der Waals surface area contributed by atoms with Crippen LogP contribution in [-0.2, 0) is 6.42 Å². The normalized spacial score (nSPS) is 13.5. The van der Waals surface area contributed by atoms with Gasteiger partial charge in [0.05, 0.1) is 6.61 Å². The summed E-state index contributed by atoms with van der Waals surface area (Å²) in [6.07, 6.45) is 3.70. The summed E-state index contributed by atoms with van der Waals surface area (Å²) in [5.74, 6) is 6.15. The van der Waals surface area contributed by atoms with Crippen LogP contribution in [-0.4, -0.2) is 23.3 Å². The number of aliphatic hydroxyl groups excluding tert-OH is 1. The highest BCUT2D eigenvalue weighted by Crippen LogP contribution is 2.22. The summed E-state index contributed by atoms with van der Waals surface area (Å²) < 4.78 is 5.37. The summed E-state index contributed by atoms with van der Waals surface area (Å²) >= 11 is 0. The van der Waals surface area contributed by atoms with E-state index in [1.165, 1.54) is 0 Å². The number of rotatable bonds is 0. The minimum Gasteiger partial charge on any atom is -0.477 e. The minimum absolute atomic E-state index is 0.117. The van der Waals surface area contributed by atoms with Gasteiger partial charge in [-0.15, -0.1) is 0 Å². The average Bonchev–Trinajstić information content (AvgIpc) is 2.26. The van der Waals surface area contributed by atoms with Crippen molar-refractivity contribution in [3.63, 3.8) is 0 Å². The van der Waals surface area contributed by atoms with Crippen molar-refractivity contribution >= 4 is 0 Å². The highest BCUT2D eigenvalue weighted by atomic mass is 16.5. The van der Waals surface area contributed by atoms with Crippen LogP contribution in [0.15, 0.2) is 12.3 Å². The van der Waals surface area contributed by atoms with Crippen molar-refractivity contribution in [2.24, 2.45) is 0 Å². The number of fused-ring (bicyclic) bond motifs is 1.